The molecule has 19 heavy (non-hydrogen) atoms. The van der Waals surface area contributed by atoms with Crippen molar-refractivity contribution in [3.05, 3.63) is 82.9 Å². The molecule has 1 aliphatic carbocycles. The molecule has 2 heteroatoms. The first-order valence-corrected chi connectivity index (χ1v) is 6.14. The van der Waals surface area contributed by atoms with Crippen molar-refractivity contribution < 1.29 is 9.59 Å². The summed E-state index contributed by atoms with van der Waals surface area (Å²) in [4.78, 5) is 24.8. The third kappa shape index (κ3) is 1.73. The highest BCUT2D eigenvalue weighted by molar-refractivity contribution is 6.28. The van der Waals surface area contributed by atoms with Gasteiger partial charge >= 0.3 is 0 Å². The molecule has 2 aromatic carbocycles. The van der Waals surface area contributed by atoms with Gasteiger partial charge in [-0.3, -0.25) is 9.59 Å². The third-order valence-electron chi connectivity index (χ3n) is 3.37. The number of hydrogen-bond acceptors (Lipinski definition) is 2. The Bertz CT molecular complexity index is 711. The summed E-state index contributed by atoms with van der Waals surface area (Å²) in [6.07, 6.45) is 2.47. The Morgan fingerprint density at radius 2 is 1.42 bits per heavy atom. The zero-order valence-corrected chi connectivity index (χ0v) is 10.3. The zero-order chi connectivity index (χ0) is 13.4. The van der Waals surface area contributed by atoms with Gasteiger partial charge in [-0.1, -0.05) is 42.5 Å². The number of carbonyl (C=O) groups excluding carboxylic acids is 2. The summed E-state index contributed by atoms with van der Waals surface area (Å²) in [5, 5.41) is 0. The van der Waals surface area contributed by atoms with Crippen molar-refractivity contribution in [2.75, 3.05) is 0 Å². The van der Waals surface area contributed by atoms with E-state index in [0.717, 1.165) is 5.56 Å². The third-order valence-corrected chi connectivity index (χ3v) is 3.37. The van der Waals surface area contributed by atoms with Crippen LogP contribution in [0.1, 0.15) is 37.4 Å². The highest BCUT2D eigenvalue weighted by Crippen LogP contribution is 2.27. The Hall–Kier alpha value is -2.48. The molecular weight excluding hydrogens is 236 g/mol. The minimum absolute atomic E-state index is 0.0730. The van der Waals surface area contributed by atoms with Gasteiger partial charge in [0, 0.05) is 22.3 Å². The first kappa shape index (κ1) is 11.6. The number of rotatable bonds is 2. The molecule has 0 radical (unpaired) electrons. The summed E-state index contributed by atoms with van der Waals surface area (Å²) >= 11 is 0. The molecule has 2 aromatic rings. The minimum Gasteiger partial charge on any atom is -0.289 e. The highest BCUT2D eigenvalue weighted by atomic mass is 16.1. The summed E-state index contributed by atoms with van der Waals surface area (Å²) < 4.78 is 0. The molecule has 0 N–H and O–H groups in total. The average molecular weight is 248 g/mol. The monoisotopic (exact) mass is 248 g/mol. The van der Waals surface area contributed by atoms with Crippen LogP contribution in [0.25, 0.3) is 0 Å². The van der Waals surface area contributed by atoms with Gasteiger partial charge in [-0.2, -0.15) is 0 Å². The van der Waals surface area contributed by atoms with Crippen molar-refractivity contribution >= 4 is 11.6 Å². The number of allylic oxidation sites excluding steroid dienone is 1. The first-order chi connectivity index (χ1) is 9.22. The Balaban J connectivity index is 2.21. The highest BCUT2D eigenvalue weighted by Gasteiger charge is 2.29. The van der Waals surface area contributed by atoms with Crippen LogP contribution in [0.2, 0.25) is 0 Å². The normalized spacial score (nSPS) is 12.8. The van der Waals surface area contributed by atoms with Gasteiger partial charge in [0.1, 0.15) is 0 Å². The van der Waals surface area contributed by atoms with Gasteiger partial charge in [0.05, 0.1) is 0 Å². The summed E-state index contributed by atoms with van der Waals surface area (Å²) in [5.41, 5.74) is 2.99. The van der Waals surface area contributed by atoms with Crippen molar-refractivity contribution in [1.82, 2.24) is 0 Å². The fourth-order valence-corrected chi connectivity index (χ4v) is 2.44. The first-order valence-electron chi connectivity index (χ1n) is 6.14. The largest absolute Gasteiger partial charge is 0.289 e. The molecule has 3 rings (SSSR count). The lowest BCUT2D eigenvalue weighted by molar-refractivity contribution is 0.0979. The molecule has 0 atom stereocenters. The molecule has 0 saturated heterocycles. The predicted molar refractivity (Wildman–Crippen MR) is 73.7 cm³/mol. The maximum Gasteiger partial charge on any atom is 0.194 e. The van der Waals surface area contributed by atoms with Crippen LogP contribution in [-0.2, 0) is 6.42 Å². The van der Waals surface area contributed by atoms with E-state index in [2.05, 4.69) is 6.58 Å². The summed E-state index contributed by atoms with van der Waals surface area (Å²) in [5.74, 6) is -0.147. The van der Waals surface area contributed by atoms with E-state index < -0.39 is 0 Å². The molecule has 0 aliphatic heterocycles. The smallest absolute Gasteiger partial charge is 0.194 e. The molecule has 2 nitrogen and oxygen atoms in total. The molecular formula is C17H12O2. The zero-order valence-electron chi connectivity index (χ0n) is 10.3. The molecule has 0 bridgehead atoms. The van der Waals surface area contributed by atoms with E-state index in [0.29, 0.717) is 28.7 Å². The minimum atomic E-state index is -0.0737. The number of ketones is 2. The lowest BCUT2D eigenvalue weighted by Gasteiger charge is -2.17. The second-order valence-corrected chi connectivity index (χ2v) is 4.58. The van der Waals surface area contributed by atoms with E-state index >= 15 is 0 Å². The van der Waals surface area contributed by atoms with Gasteiger partial charge in [0.2, 0.25) is 0 Å². The Kier molecular flexibility index (Phi) is 2.64. The van der Waals surface area contributed by atoms with Gasteiger partial charge in [-0.15, -0.1) is 6.58 Å². The maximum absolute atomic E-state index is 12.4. The molecule has 0 spiro atoms. The van der Waals surface area contributed by atoms with Crippen LogP contribution in [0.5, 0.6) is 0 Å². The van der Waals surface area contributed by atoms with E-state index in [1.54, 1.807) is 42.5 Å². The van der Waals surface area contributed by atoms with Crippen LogP contribution in [0, 0.1) is 0 Å². The molecule has 0 aromatic heterocycles. The fourth-order valence-electron chi connectivity index (χ4n) is 2.44. The van der Waals surface area contributed by atoms with E-state index in [1.165, 1.54) is 0 Å². The lowest BCUT2D eigenvalue weighted by Crippen LogP contribution is -2.20. The van der Waals surface area contributed by atoms with E-state index in [9.17, 15) is 9.59 Å². The predicted octanol–water partition coefficient (Wildman–Crippen LogP) is 3.19. The Morgan fingerprint density at radius 3 is 2.05 bits per heavy atom. The Labute approximate surface area is 111 Å². The number of benzene rings is 2. The van der Waals surface area contributed by atoms with Crippen LogP contribution in [0.4, 0.5) is 0 Å². The molecule has 0 fully saturated rings. The van der Waals surface area contributed by atoms with Crippen molar-refractivity contribution in [3.8, 4) is 0 Å². The topological polar surface area (TPSA) is 34.1 Å². The number of fused-ring (bicyclic) bond motifs is 2. The van der Waals surface area contributed by atoms with Gasteiger partial charge < -0.3 is 0 Å². The molecule has 1 aliphatic rings. The van der Waals surface area contributed by atoms with E-state index in [1.807, 2.05) is 6.07 Å². The molecule has 92 valence electrons. The van der Waals surface area contributed by atoms with Gasteiger partial charge in [-0.05, 0) is 18.1 Å². The van der Waals surface area contributed by atoms with Crippen molar-refractivity contribution in [2.45, 2.75) is 6.42 Å². The molecule has 0 unspecified atom stereocenters. The van der Waals surface area contributed by atoms with Crippen molar-refractivity contribution in [1.29, 1.82) is 0 Å². The maximum atomic E-state index is 12.4. The summed E-state index contributed by atoms with van der Waals surface area (Å²) in [6, 6.07) is 12.4. The van der Waals surface area contributed by atoms with Crippen LogP contribution >= 0.6 is 0 Å². The molecule has 0 heterocycles. The second-order valence-electron chi connectivity index (χ2n) is 4.58. The summed E-state index contributed by atoms with van der Waals surface area (Å²) in [6.45, 7) is 3.69. The van der Waals surface area contributed by atoms with Gasteiger partial charge in [0.15, 0.2) is 11.6 Å². The van der Waals surface area contributed by atoms with Crippen LogP contribution in [0.15, 0.2) is 55.1 Å². The Morgan fingerprint density at radius 1 is 0.842 bits per heavy atom. The van der Waals surface area contributed by atoms with Gasteiger partial charge in [-0.25, -0.2) is 0 Å². The average Bonchev–Trinajstić information content (AvgIpc) is 2.45. The standard InChI is InChI=1S/C17H12O2/c1-2-5-11-8-9-14-15(10-11)17(19)13-7-4-3-6-12(13)16(14)18/h2-4,6-10H,1,5H2. The fraction of sp³-hybridized carbons (Fsp3) is 0.0588. The van der Waals surface area contributed by atoms with E-state index in [-0.39, 0.29) is 11.6 Å². The van der Waals surface area contributed by atoms with Crippen LogP contribution in [-0.4, -0.2) is 11.6 Å². The summed E-state index contributed by atoms with van der Waals surface area (Å²) in [7, 11) is 0. The van der Waals surface area contributed by atoms with Crippen molar-refractivity contribution in [2.24, 2.45) is 0 Å². The molecule has 0 saturated carbocycles. The van der Waals surface area contributed by atoms with Crippen LogP contribution in [0.3, 0.4) is 0 Å². The van der Waals surface area contributed by atoms with E-state index in [4.69, 9.17) is 0 Å². The second kappa shape index (κ2) is 4.32. The lowest BCUT2D eigenvalue weighted by atomic mass is 9.83. The van der Waals surface area contributed by atoms with Gasteiger partial charge in [0.25, 0.3) is 0 Å². The number of hydrogen-bond donors (Lipinski definition) is 0. The number of carbonyl (C=O) groups is 2. The SMILES string of the molecule is C=CCc1ccc2c(c1)C(=O)c1ccccc1C2=O. The van der Waals surface area contributed by atoms with Crippen LogP contribution < -0.4 is 0 Å². The van der Waals surface area contributed by atoms with Crippen molar-refractivity contribution in [3.63, 3.8) is 0 Å². The molecule has 0 amide bonds. The quantitative estimate of drug-likeness (QED) is 0.653.